The van der Waals surface area contributed by atoms with Crippen LogP contribution in [0.4, 0.5) is 10.1 Å². The molecule has 1 heterocycles. The molecule has 1 unspecified atom stereocenters. The summed E-state index contributed by atoms with van der Waals surface area (Å²) in [5.74, 6) is -0.413. The zero-order chi connectivity index (χ0) is 17.9. The molecule has 25 heavy (non-hydrogen) atoms. The molecule has 1 aliphatic rings. The van der Waals surface area contributed by atoms with Gasteiger partial charge in [0.2, 0.25) is 5.91 Å². The maximum Gasteiger partial charge on any atom is 0.246 e. The van der Waals surface area contributed by atoms with Crippen molar-refractivity contribution >= 4 is 23.2 Å². The lowest BCUT2D eigenvalue weighted by molar-refractivity contribution is -0.124. The third kappa shape index (κ3) is 4.11. The van der Waals surface area contributed by atoms with Gasteiger partial charge in [0, 0.05) is 37.4 Å². The number of likely N-dealkylation sites (N-methyl/N-ethyl adjacent to an activating group) is 1. The molecular weight excluding hydrogens is 341 g/mol. The molecule has 1 saturated heterocycles. The highest BCUT2D eigenvalue weighted by Crippen LogP contribution is 2.28. The van der Waals surface area contributed by atoms with E-state index < -0.39 is 5.54 Å². The number of hydrogen-bond donors (Lipinski definition) is 2. The van der Waals surface area contributed by atoms with Crippen LogP contribution in [0.3, 0.4) is 0 Å². The molecule has 0 aromatic heterocycles. The minimum atomic E-state index is -0.769. The van der Waals surface area contributed by atoms with Crippen molar-refractivity contribution < 1.29 is 9.18 Å². The van der Waals surface area contributed by atoms with E-state index in [9.17, 15) is 9.18 Å². The van der Waals surface area contributed by atoms with Crippen LogP contribution >= 0.6 is 11.6 Å². The number of halogens is 2. The normalized spacial score (nSPS) is 20.4. The van der Waals surface area contributed by atoms with Crippen LogP contribution in [0.1, 0.15) is 12.0 Å². The number of carbonyl (C=O) groups is 1. The second-order valence-corrected chi connectivity index (χ2v) is 6.82. The van der Waals surface area contributed by atoms with E-state index in [4.69, 9.17) is 11.6 Å². The van der Waals surface area contributed by atoms with Crippen LogP contribution in [0.5, 0.6) is 0 Å². The number of hydrogen-bond acceptors (Lipinski definition) is 3. The Bertz CT molecular complexity index is 753. The third-order valence-electron chi connectivity index (χ3n) is 4.54. The Morgan fingerprint density at radius 3 is 2.72 bits per heavy atom. The van der Waals surface area contributed by atoms with E-state index in [1.807, 2.05) is 24.3 Å². The monoisotopic (exact) mass is 361 g/mol. The van der Waals surface area contributed by atoms with E-state index in [0.717, 1.165) is 18.7 Å². The average Bonchev–Trinajstić information content (AvgIpc) is 3.00. The first-order valence-electron chi connectivity index (χ1n) is 8.23. The van der Waals surface area contributed by atoms with Crippen LogP contribution in [-0.2, 0) is 11.3 Å². The summed E-state index contributed by atoms with van der Waals surface area (Å²) < 4.78 is 13.5. The number of nitrogens with zero attached hydrogens (tertiary/aromatic N) is 1. The minimum absolute atomic E-state index is 0.0876. The van der Waals surface area contributed by atoms with E-state index in [-0.39, 0.29) is 11.7 Å². The number of anilines is 1. The van der Waals surface area contributed by atoms with Crippen molar-refractivity contribution in [3.63, 3.8) is 0 Å². The molecule has 2 N–H and O–H groups in total. The Morgan fingerprint density at radius 2 is 2.04 bits per heavy atom. The second-order valence-electron chi connectivity index (χ2n) is 6.38. The molecular formula is C19H21ClFN3O. The van der Waals surface area contributed by atoms with Crippen LogP contribution < -0.4 is 10.6 Å². The molecule has 0 bridgehead atoms. The molecule has 3 rings (SSSR count). The zero-order valence-electron chi connectivity index (χ0n) is 14.1. The Morgan fingerprint density at radius 1 is 1.28 bits per heavy atom. The van der Waals surface area contributed by atoms with Crippen molar-refractivity contribution in [2.75, 3.05) is 25.5 Å². The Balaban J connectivity index is 1.75. The van der Waals surface area contributed by atoms with Crippen LogP contribution in [0.15, 0.2) is 48.5 Å². The summed E-state index contributed by atoms with van der Waals surface area (Å²) in [5, 5.41) is 6.70. The molecule has 1 fully saturated rings. The van der Waals surface area contributed by atoms with Crippen molar-refractivity contribution in [1.82, 2.24) is 10.2 Å². The highest BCUT2D eigenvalue weighted by atomic mass is 35.5. The second kappa shape index (κ2) is 7.42. The number of nitrogens with one attached hydrogen (secondary N) is 2. The molecule has 4 nitrogen and oxygen atoms in total. The summed E-state index contributed by atoms with van der Waals surface area (Å²) in [7, 11) is 1.62. The topological polar surface area (TPSA) is 44.4 Å². The van der Waals surface area contributed by atoms with E-state index in [1.54, 1.807) is 19.2 Å². The molecule has 1 amide bonds. The predicted octanol–water partition coefficient (Wildman–Crippen LogP) is 3.28. The summed E-state index contributed by atoms with van der Waals surface area (Å²) in [5.41, 5.74) is 0.981. The number of rotatable bonds is 5. The molecule has 0 spiro atoms. The van der Waals surface area contributed by atoms with E-state index in [1.165, 1.54) is 12.1 Å². The molecule has 0 radical (unpaired) electrons. The van der Waals surface area contributed by atoms with Gasteiger partial charge in [-0.3, -0.25) is 9.69 Å². The average molecular weight is 362 g/mol. The van der Waals surface area contributed by atoms with E-state index in [2.05, 4.69) is 15.5 Å². The highest BCUT2D eigenvalue weighted by Gasteiger charge is 2.44. The van der Waals surface area contributed by atoms with Gasteiger partial charge in [0.15, 0.2) is 0 Å². The van der Waals surface area contributed by atoms with Crippen molar-refractivity contribution in [2.45, 2.75) is 18.5 Å². The van der Waals surface area contributed by atoms with Crippen LogP contribution in [0, 0.1) is 5.82 Å². The lowest BCUT2D eigenvalue weighted by atomic mass is 9.96. The van der Waals surface area contributed by atoms with Crippen LogP contribution in [-0.4, -0.2) is 36.5 Å². The van der Waals surface area contributed by atoms with Gasteiger partial charge in [0.25, 0.3) is 0 Å². The molecule has 1 atom stereocenters. The van der Waals surface area contributed by atoms with Crippen molar-refractivity contribution in [3.05, 3.63) is 64.9 Å². The lowest BCUT2D eigenvalue weighted by Gasteiger charge is -2.30. The first-order valence-corrected chi connectivity index (χ1v) is 8.61. The highest BCUT2D eigenvalue weighted by molar-refractivity contribution is 6.30. The van der Waals surface area contributed by atoms with Crippen molar-refractivity contribution in [2.24, 2.45) is 0 Å². The quantitative estimate of drug-likeness (QED) is 0.859. The van der Waals surface area contributed by atoms with Gasteiger partial charge in [-0.1, -0.05) is 29.8 Å². The van der Waals surface area contributed by atoms with Gasteiger partial charge in [0.05, 0.1) is 0 Å². The summed E-state index contributed by atoms with van der Waals surface area (Å²) in [6.45, 7) is 2.06. The Kier molecular flexibility index (Phi) is 5.25. The lowest BCUT2D eigenvalue weighted by Crippen LogP contribution is -2.53. The maximum absolute atomic E-state index is 13.5. The minimum Gasteiger partial charge on any atom is -0.370 e. The van der Waals surface area contributed by atoms with E-state index in [0.29, 0.717) is 23.7 Å². The maximum atomic E-state index is 13.5. The molecule has 0 saturated carbocycles. The molecule has 132 valence electrons. The van der Waals surface area contributed by atoms with Crippen LogP contribution in [0.25, 0.3) is 0 Å². The summed E-state index contributed by atoms with van der Waals surface area (Å²) in [4.78, 5) is 14.8. The summed E-state index contributed by atoms with van der Waals surface area (Å²) in [6, 6.07) is 13.9. The van der Waals surface area contributed by atoms with Gasteiger partial charge in [0.1, 0.15) is 11.4 Å². The van der Waals surface area contributed by atoms with Crippen molar-refractivity contribution in [3.8, 4) is 0 Å². The van der Waals surface area contributed by atoms with Crippen LogP contribution in [0.2, 0.25) is 5.02 Å². The molecule has 2 aromatic carbocycles. The molecule has 0 aliphatic carbocycles. The largest absolute Gasteiger partial charge is 0.370 e. The van der Waals surface area contributed by atoms with Gasteiger partial charge in [-0.05, 0) is 42.3 Å². The summed E-state index contributed by atoms with van der Waals surface area (Å²) >= 11 is 5.93. The van der Waals surface area contributed by atoms with Gasteiger partial charge < -0.3 is 10.6 Å². The third-order valence-corrected chi connectivity index (χ3v) is 4.79. The molecule has 6 heteroatoms. The SMILES string of the molecule is CNC(=O)C1(Nc2cccc(F)c2)CCN(Cc2ccc(Cl)cc2)C1. The predicted molar refractivity (Wildman–Crippen MR) is 98.2 cm³/mol. The number of likely N-dealkylation sites (tertiary alicyclic amines) is 1. The molecule has 1 aliphatic heterocycles. The van der Waals surface area contributed by atoms with Gasteiger partial charge in [-0.2, -0.15) is 0 Å². The number of benzene rings is 2. The molecule has 2 aromatic rings. The fourth-order valence-corrected chi connectivity index (χ4v) is 3.42. The standard InChI is InChI=1S/C19H21ClFN3O/c1-22-18(25)19(23-17-4-2-3-16(21)11-17)9-10-24(13-19)12-14-5-7-15(20)8-6-14/h2-8,11,23H,9-10,12-13H2,1H3,(H,22,25). The summed E-state index contributed by atoms with van der Waals surface area (Å²) in [6.07, 6.45) is 0.650. The van der Waals surface area contributed by atoms with Gasteiger partial charge in [-0.25, -0.2) is 4.39 Å². The van der Waals surface area contributed by atoms with Crippen molar-refractivity contribution in [1.29, 1.82) is 0 Å². The van der Waals surface area contributed by atoms with Gasteiger partial charge in [-0.15, -0.1) is 0 Å². The number of amides is 1. The Hall–Kier alpha value is -2.11. The first kappa shape index (κ1) is 17.7. The van der Waals surface area contributed by atoms with E-state index >= 15 is 0 Å². The fraction of sp³-hybridized carbons (Fsp3) is 0.316. The van der Waals surface area contributed by atoms with Gasteiger partial charge >= 0.3 is 0 Å². The smallest absolute Gasteiger partial charge is 0.246 e. The first-order chi connectivity index (χ1) is 12.0. The zero-order valence-corrected chi connectivity index (χ0v) is 14.8. The number of carbonyl (C=O) groups excluding carboxylic acids is 1. The fourth-order valence-electron chi connectivity index (χ4n) is 3.30. The Labute approximate surface area is 152 Å².